The van der Waals surface area contributed by atoms with Crippen molar-refractivity contribution in [1.29, 1.82) is 0 Å². The van der Waals surface area contributed by atoms with Crippen molar-refractivity contribution in [2.45, 2.75) is 18.4 Å². The second-order valence-electron chi connectivity index (χ2n) is 3.80. The normalized spacial score (nSPS) is 35.0. The van der Waals surface area contributed by atoms with Crippen LogP contribution in [0.25, 0.3) is 0 Å². The maximum absolute atomic E-state index is 11.6. The average Bonchev–Trinajstić information content (AvgIpc) is 2.53. The number of aromatic nitrogens is 3. The zero-order valence-corrected chi connectivity index (χ0v) is 7.30. The molecule has 14 heavy (non-hydrogen) atoms. The molecule has 3 heterocycles. The molecule has 0 spiro atoms. The average molecular weight is 192 g/mol. The van der Waals surface area contributed by atoms with Gasteiger partial charge in [0.2, 0.25) is 5.91 Å². The van der Waals surface area contributed by atoms with Crippen molar-refractivity contribution in [1.82, 2.24) is 20.3 Å². The van der Waals surface area contributed by atoms with Gasteiger partial charge in [-0.25, -0.2) is 4.68 Å². The Kier molecular flexibility index (Phi) is 1.20. The summed E-state index contributed by atoms with van der Waals surface area (Å²) >= 11 is 0. The number of imide groups is 1. The standard InChI is InChI=1S/C8H8N4O2/c13-6-5-3-8(4-5,7(14)10-6)12-2-1-9-11-12/h1-2,5H,3-4H2,(H,10,13,14). The Hall–Kier alpha value is -1.72. The van der Waals surface area contributed by atoms with Crippen LogP contribution >= 0.6 is 0 Å². The van der Waals surface area contributed by atoms with Gasteiger partial charge in [-0.1, -0.05) is 5.21 Å². The van der Waals surface area contributed by atoms with E-state index in [0.29, 0.717) is 12.8 Å². The van der Waals surface area contributed by atoms with Crippen LogP contribution < -0.4 is 5.32 Å². The van der Waals surface area contributed by atoms with Crippen molar-refractivity contribution in [3.05, 3.63) is 12.4 Å². The van der Waals surface area contributed by atoms with Gasteiger partial charge in [-0.3, -0.25) is 14.9 Å². The van der Waals surface area contributed by atoms with Crippen LogP contribution in [0, 0.1) is 5.92 Å². The van der Waals surface area contributed by atoms with Crippen molar-refractivity contribution >= 4 is 11.8 Å². The Morgan fingerprint density at radius 1 is 1.50 bits per heavy atom. The number of carbonyl (C=O) groups is 2. The third-order valence-electron chi connectivity index (χ3n) is 3.06. The highest BCUT2D eigenvalue weighted by molar-refractivity contribution is 6.05. The molecule has 72 valence electrons. The van der Waals surface area contributed by atoms with E-state index in [1.165, 1.54) is 6.20 Å². The number of rotatable bonds is 1. The number of piperidine rings is 2. The summed E-state index contributed by atoms with van der Waals surface area (Å²) in [4.78, 5) is 22.8. The molecule has 1 aromatic rings. The first-order valence-electron chi connectivity index (χ1n) is 4.44. The zero-order valence-electron chi connectivity index (χ0n) is 7.30. The fourth-order valence-corrected chi connectivity index (χ4v) is 2.18. The van der Waals surface area contributed by atoms with Crippen molar-refractivity contribution in [3.8, 4) is 0 Å². The van der Waals surface area contributed by atoms with E-state index in [4.69, 9.17) is 0 Å². The molecular formula is C8H8N4O2. The lowest BCUT2D eigenvalue weighted by atomic mass is 9.64. The minimum Gasteiger partial charge on any atom is -0.294 e. The maximum atomic E-state index is 11.6. The third-order valence-corrected chi connectivity index (χ3v) is 3.06. The molecule has 0 aromatic carbocycles. The quantitative estimate of drug-likeness (QED) is 0.581. The SMILES string of the molecule is O=C1NC(=O)C2(n3ccnn3)CC1C2. The fourth-order valence-electron chi connectivity index (χ4n) is 2.18. The molecule has 1 N–H and O–H groups in total. The first-order chi connectivity index (χ1) is 6.72. The number of fused-ring (bicyclic) bond motifs is 2. The molecule has 0 radical (unpaired) electrons. The highest BCUT2D eigenvalue weighted by Gasteiger charge is 2.59. The van der Waals surface area contributed by atoms with Crippen LogP contribution in [-0.2, 0) is 15.1 Å². The van der Waals surface area contributed by atoms with E-state index in [-0.39, 0.29) is 17.7 Å². The molecule has 0 unspecified atom stereocenters. The van der Waals surface area contributed by atoms with Crippen LogP contribution in [0.3, 0.4) is 0 Å². The molecule has 6 heteroatoms. The Morgan fingerprint density at radius 2 is 2.29 bits per heavy atom. The van der Waals surface area contributed by atoms with Crippen LogP contribution in [0.4, 0.5) is 0 Å². The lowest BCUT2D eigenvalue weighted by molar-refractivity contribution is -0.157. The summed E-state index contributed by atoms with van der Waals surface area (Å²) in [5.41, 5.74) is -0.644. The fraction of sp³-hybridized carbons (Fsp3) is 0.500. The minimum absolute atomic E-state index is 0.0306. The van der Waals surface area contributed by atoms with Gasteiger partial charge in [-0.15, -0.1) is 5.10 Å². The van der Waals surface area contributed by atoms with Crippen molar-refractivity contribution in [2.75, 3.05) is 0 Å². The second kappa shape index (κ2) is 2.20. The molecule has 0 atom stereocenters. The number of hydrogen-bond acceptors (Lipinski definition) is 4. The molecule has 1 saturated carbocycles. The van der Waals surface area contributed by atoms with Crippen molar-refractivity contribution in [2.24, 2.45) is 5.92 Å². The van der Waals surface area contributed by atoms with Gasteiger partial charge >= 0.3 is 0 Å². The Labute approximate surface area is 79.3 Å². The van der Waals surface area contributed by atoms with E-state index in [1.54, 1.807) is 10.9 Å². The third kappa shape index (κ3) is 0.711. The smallest absolute Gasteiger partial charge is 0.254 e. The van der Waals surface area contributed by atoms with Gasteiger partial charge in [-0.2, -0.15) is 0 Å². The van der Waals surface area contributed by atoms with E-state index in [9.17, 15) is 9.59 Å². The second-order valence-corrected chi connectivity index (χ2v) is 3.80. The Morgan fingerprint density at radius 3 is 2.86 bits per heavy atom. The predicted octanol–water partition coefficient (Wildman–Crippen LogP) is -0.960. The predicted molar refractivity (Wildman–Crippen MR) is 43.9 cm³/mol. The maximum Gasteiger partial charge on any atom is 0.254 e. The molecule has 6 nitrogen and oxygen atoms in total. The molecule has 4 rings (SSSR count). The number of nitrogens with zero attached hydrogens (tertiary/aromatic N) is 3. The van der Waals surface area contributed by atoms with E-state index in [2.05, 4.69) is 15.6 Å². The zero-order chi connectivity index (χ0) is 9.76. The Bertz CT molecular complexity index is 405. The molecule has 2 aliphatic heterocycles. The summed E-state index contributed by atoms with van der Waals surface area (Å²) in [5, 5.41) is 9.83. The first-order valence-corrected chi connectivity index (χ1v) is 4.44. The van der Waals surface area contributed by atoms with E-state index >= 15 is 0 Å². The number of hydrogen-bond donors (Lipinski definition) is 1. The molecule has 2 amide bonds. The van der Waals surface area contributed by atoms with Crippen LogP contribution in [0.15, 0.2) is 12.4 Å². The molecule has 1 aliphatic carbocycles. The first kappa shape index (κ1) is 7.66. The summed E-state index contributed by atoms with van der Waals surface area (Å²) in [6, 6.07) is 0. The lowest BCUT2D eigenvalue weighted by Crippen LogP contribution is -2.67. The van der Waals surface area contributed by atoms with Crippen LogP contribution in [-0.4, -0.2) is 26.8 Å². The topological polar surface area (TPSA) is 76.9 Å². The number of amides is 2. The molecule has 2 saturated heterocycles. The number of carbonyl (C=O) groups excluding carboxylic acids is 2. The van der Waals surface area contributed by atoms with Crippen molar-refractivity contribution < 1.29 is 9.59 Å². The highest BCUT2D eigenvalue weighted by atomic mass is 16.2. The van der Waals surface area contributed by atoms with Gasteiger partial charge in [0.1, 0.15) is 5.54 Å². The van der Waals surface area contributed by atoms with E-state index < -0.39 is 5.54 Å². The van der Waals surface area contributed by atoms with Crippen LogP contribution in [0.1, 0.15) is 12.8 Å². The molecule has 3 fully saturated rings. The lowest BCUT2D eigenvalue weighted by Gasteiger charge is -2.48. The van der Waals surface area contributed by atoms with E-state index in [0.717, 1.165) is 0 Å². The molecule has 2 bridgehead atoms. The minimum atomic E-state index is -0.644. The summed E-state index contributed by atoms with van der Waals surface area (Å²) in [6.07, 6.45) is 4.30. The van der Waals surface area contributed by atoms with Gasteiger partial charge in [-0.05, 0) is 12.8 Å². The summed E-state index contributed by atoms with van der Waals surface area (Å²) in [6.45, 7) is 0. The van der Waals surface area contributed by atoms with Gasteiger partial charge in [0.25, 0.3) is 5.91 Å². The number of nitrogens with one attached hydrogen (secondary N) is 1. The van der Waals surface area contributed by atoms with Gasteiger partial charge < -0.3 is 0 Å². The Balaban J connectivity index is 2.01. The summed E-state index contributed by atoms with van der Waals surface area (Å²) < 4.78 is 1.55. The van der Waals surface area contributed by atoms with Gasteiger partial charge in [0.15, 0.2) is 0 Å². The van der Waals surface area contributed by atoms with Gasteiger partial charge in [0.05, 0.1) is 6.20 Å². The molecular weight excluding hydrogens is 184 g/mol. The van der Waals surface area contributed by atoms with Crippen molar-refractivity contribution in [3.63, 3.8) is 0 Å². The molecule has 3 aliphatic rings. The van der Waals surface area contributed by atoms with E-state index in [1.807, 2.05) is 0 Å². The summed E-state index contributed by atoms with van der Waals surface area (Å²) in [7, 11) is 0. The largest absolute Gasteiger partial charge is 0.294 e. The monoisotopic (exact) mass is 192 g/mol. The van der Waals surface area contributed by atoms with Crippen LogP contribution in [0.5, 0.6) is 0 Å². The highest BCUT2D eigenvalue weighted by Crippen LogP contribution is 2.46. The van der Waals surface area contributed by atoms with Crippen LogP contribution in [0.2, 0.25) is 0 Å². The molecule has 1 aromatic heterocycles. The summed E-state index contributed by atoms with van der Waals surface area (Å²) in [5.74, 6) is -0.440. The van der Waals surface area contributed by atoms with Gasteiger partial charge in [0, 0.05) is 12.1 Å².